The van der Waals surface area contributed by atoms with Crippen molar-refractivity contribution in [1.82, 2.24) is 19.5 Å². The Morgan fingerprint density at radius 3 is 2.53 bits per heavy atom. The monoisotopic (exact) mass is 251 g/mol. The topological polar surface area (TPSA) is 55.6 Å². The number of anilines is 2. The van der Waals surface area contributed by atoms with Crippen molar-refractivity contribution in [2.45, 2.75) is 6.92 Å². The van der Waals surface area contributed by atoms with Crippen LogP contribution in [0.3, 0.4) is 0 Å². The normalized spacial score (nSPS) is 10.4. The molecule has 0 atom stereocenters. The first-order valence-corrected chi connectivity index (χ1v) is 5.96. The van der Waals surface area contributed by atoms with Crippen molar-refractivity contribution in [2.75, 3.05) is 5.32 Å². The largest absolute Gasteiger partial charge is 0.325 e. The van der Waals surface area contributed by atoms with Crippen LogP contribution in [0.25, 0.3) is 5.69 Å². The minimum absolute atomic E-state index is 0.749. The lowest BCUT2D eigenvalue weighted by atomic mass is 10.3. The second-order valence-corrected chi connectivity index (χ2v) is 4.16. The van der Waals surface area contributed by atoms with Gasteiger partial charge >= 0.3 is 0 Å². The molecule has 0 amide bonds. The van der Waals surface area contributed by atoms with Gasteiger partial charge in [-0.2, -0.15) is 0 Å². The van der Waals surface area contributed by atoms with Gasteiger partial charge in [-0.05, 0) is 19.1 Å². The van der Waals surface area contributed by atoms with Crippen LogP contribution in [0.5, 0.6) is 0 Å². The molecule has 2 heterocycles. The second kappa shape index (κ2) is 4.89. The Balaban J connectivity index is 1.99. The van der Waals surface area contributed by atoms with E-state index in [9.17, 15) is 0 Å². The average molecular weight is 251 g/mol. The van der Waals surface area contributed by atoms with Gasteiger partial charge in [0.1, 0.15) is 6.33 Å². The summed E-state index contributed by atoms with van der Waals surface area (Å²) in [6.07, 6.45) is 6.97. The van der Waals surface area contributed by atoms with Gasteiger partial charge in [0.05, 0.1) is 23.8 Å². The molecule has 0 aliphatic heterocycles. The van der Waals surface area contributed by atoms with Crippen LogP contribution in [0.1, 0.15) is 5.69 Å². The molecule has 0 spiro atoms. The number of rotatable bonds is 3. The van der Waals surface area contributed by atoms with Crippen LogP contribution in [0.15, 0.2) is 55.2 Å². The maximum absolute atomic E-state index is 4.48. The molecule has 1 aromatic carbocycles. The third-order valence-corrected chi connectivity index (χ3v) is 2.68. The van der Waals surface area contributed by atoms with E-state index in [-0.39, 0.29) is 0 Å². The molecule has 5 nitrogen and oxygen atoms in total. The van der Waals surface area contributed by atoms with Crippen molar-refractivity contribution >= 4 is 11.6 Å². The van der Waals surface area contributed by atoms with Crippen LogP contribution < -0.4 is 5.32 Å². The maximum Gasteiger partial charge on any atom is 0.212 e. The van der Waals surface area contributed by atoms with E-state index in [2.05, 4.69) is 20.3 Å². The average Bonchev–Trinajstić information content (AvgIpc) is 2.82. The molecule has 5 heteroatoms. The van der Waals surface area contributed by atoms with Crippen LogP contribution >= 0.6 is 0 Å². The third kappa shape index (κ3) is 2.44. The fourth-order valence-electron chi connectivity index (χ4n) is 1.85. The predicted molar refractivity (Wildman–Crippen MR) is 73.6 cm³/mol. The van der Waals surface area contributed by atoms with Crippen molar-refractivity contribution in [3.05, 3.63) is 60.9 Å². The number of imidazole rings is 1. The SMILES string of the molecule is Cc1cn(-c2cncnc2)c(Nc2ccccc2)n1. The van der Waals surface area contributed by atoms with E-state index in [1.165, 1.54) is 6.33 Å². The van der Waals surface area contributed by atoms with Gasteiger partial charge in [-0.15, -0.1) is 0 Å². The van der Waals surface area contributed by atoms with Gasteiger partial charge in [-0.3, -0.25) is 4.57 Å². The number of hydrogen-bond donors (Lipinski definition) is 1. The standard InChI is InChI=1S/C14H13N5/c1-11-9-19(13-7-15-10-16-8-13)14(17-11)18-12-5-3-2-4-6-12/h2-10H,1H3,(H,17,18). The predicted octanol–water partition coefficient (Wildman–Crippen LogP) is 2.71. The fourth-order valence-corrected chi connectivity index (χ4v) is 1.85. The second-order valence-electron chi connectivity index (χ2n) is 4.16. The van der Waals surface area contributed by atoms with Crippen molar-refractivity contribution in [1.29, 1.82) is 0 Å². The highest BCUT2D eigenvalue weighted by molar-refractivity contribution is 5.55. The Labute approximate surface area is 111 Å². The number of benzene rings is 1. The van der Waals surface area contributed by atoms with Gasteiger partial charge in [0.15, 0.2) is 0 Å². The van der Waals surface area contributed by atoms with E-state index in [4.69, 9.17) is 0 Å². The summed E-state index contributed by atoms with van der Waals surface area (Å²) in [5.41, 5.74) is 2.80. The van der Waals surface area contributed by atoms with E-state index >= 15 is 0 Å². The Bertz CT molecular complexity index is 661. The molecule has 1 N–H and O–H groups in total. The maximum atomic E-state index is 4.48. The zero-order chi connectivity index (χ0) is 13.1. The molecule has 19 heavy (non-hydrogen) atoms. The van der Waals surface area contributed by atoms with E-state index in [0.29, 0.717) is 0 Å². The highest BCUT2D eigenvalue weighted by atomic mass is 15.2. The minimum Gasteiger partial charge on any atom is -0.325 e. The summed E-state index contributed by atoms with van der Waals surface area (Å²) in [5, 5.41) is 3.29. The third-order valence-electron chi connectivity index (χ3n) is 2.68. The molecule has 94 valence electrons. The fraction of sp³-hybridized carbons (Fsp3) is 0.0714. The van der Waals surface area contributed by atoms with Crippen LogP contribution in [-0.4, -0.2) is 19.5 Å². The first-order chi connectivity index (χ1) is 9.33. The molecule has 0 fully saturated rings. The quantitative estimate of drug-likeness (QED) is 0.777. The summed E-state index contributed by atoms with van der Waals surface area (Å²) < 4.78 is 1.93. The Morgan fingerprint density at radius 1 is 1.05 bits per heavy atom. The molecule has 0 saturated heterocycles. The number of nitrogens with zero attached hydrogens (tertiary/aromatic N) is 4. The van der Waals surface area contributed by atoms with Crippen LogP contribution in [-0.2, 0) is 0 Å². The molecular formula is C14H13N5. The molecule has 0 bridgehead atoms. The summed E-state index contributed by atoms with van der Waals surface area (Å²) in [5.74, 6) is 0.749. The summed E-state index contributed by atoms with van der Waals surface area (Å²) in [4.78, 5) is 12.5. The summed E-state index contributed by atoms with van der Waals surface area (Å²) in [7, 11) is 0. The van der Waals surface area contributed by atoms with Gasteiger partial charge in [0.25, 0.3) is 0 Å². The van der Waals surface area contributed by atoms with Gasteiger partial charge in [-0.25, -0.2) is 15.0 Å². The Morgan fingerprint density at radius 2 is 1.79 bits per heavy atom. The molecule has 0 aliphatic rings. The highest BCUT2D eigenvalue weighted by Gasteiger charge is 2.07. The lowest BCUT2D eigenvalue weighted by molar-refractivity contribution is 1.01. The van der Waals surface area contributed by atoms with Crippen molar-refractivity contribution < 1.29 is 0 Å². The minimum atomic E-state index is 0.749. The lowest BCUT2D eigenvalue weighted by Crippen LogP contribution is -2.01. The van der Waals surface area contributed by atoms with Crippen molar-refractivity contribution in [2.24, 2.45) is 0 Å². The number of hydrogen-bond acceptors (Lipinski definition) is 4. The Hall–Kier alpha value is -2.69. The zero-order valence-electron chi connectivity index (χ0n) is 10.5. The molecular weight excluding hydrogens is 238 g/mol. The van der Waals surface area contributed by atoms with E-state index in [1.807, 2.05) is 48.0 Å². The molecule has 3 rings (SSSR count). The van der Waals surface area contributed by atoms with Gasteiger partial charge in [-0.1, -0.05) is 18.2 Å². The summed E-state index contributed by atoms with van der Waals surface area (Å²) in [6.45, 7) is 1.95. The molecule has 2 aromatic heterocycles. The first-order valence-electron chi connectivity index (χ1n) is 5.96. The molecule has 3 aromatic rings. The zero-order valence-corrected chi connectivity index (χ0v) is 10.5. The number of aromatic nitrogens is 4. The van der Waals surface area contributed by atoms with Gasteiger partial charge in [0, 0.05) is 11.9 Å². The van der Waals surface area contributed by atoms with E-state index < -0.39 is 0 Å². The van der Waals surface area contributed by atoms with Gasteiger partial charge in [0.2, 0.25) is 5.95 Å². The smallest absolute Gasteiger partial charge is 0.212 e. The summed E-state index contributed by atoms with van der Waals surface area (Å²) in [6, 6.07) is 9.93. The molecule has 0 unspecified atom stereocenters. The van der Waals surface area contributed by atoms with Crippen molar-refractivity contribution in [3.8, 4) is 5.69 Å². The van der Waals surface area contributed by atoms with Crippen LogP contribution in [0, 0.1) is 6.92 Å². The Kier molecular flexibility index (Phi) is 2.94. The number of aryl methyl sites for hydroxylation is 1. The van der Waals surface area contributed by atoms with Crippen LogP contribution in [0.4, 0.5) is 11.6 Å². The van der Waals surface area contributed by atoms with Gasteiger partial charge < -0.3 is 5.32 Å². The number of nitrogens with one attached hydrogen (secondary N) is 1. The summed E-state index contributed by atoms with van der Waals surface area (Å²) >= 11 is 0. The molecule has 0 aliphatic carbocycles. The van der Waals surface area contributed by atoms with Crippen molar-refractivity contribution in [3.63, 3.8) is 0 Å². The number of para-hydroxylation sites is 1. The lowest BCUT2D eigenvalue weighted by Gasteiger charge is -2.08. The molecule has 0 saturated carbocycles. The van der Waals surface area contributed by atoms with Crippen LogP contribution in [0.2, 0.25) is 0 Å². The highest BCUT2D eigenvalue weighted by Crippen LogP contribution is 2.19. The van der Waals surface area contributed by atoms with E-state index in [0.717, 1.165) is 23.0 Å². The first kappa shape index (κ1) is 11.4. The van der Waals surface area contributed by atoms with E-state index in [1.54, 1.807) is 12.4 Å². The molecule has 0 radical (unpaired) electrons.